The third-order valence-electron chi connectivity index (χ3n) is 3.88. The van der Waals surface area contributed by atoms with Crippen molar-refractivity contribution >= 4 is 17.6 Å². The molecule has 3 rings (SSSR count). The first-order valence-electron chi connectivity index (χ1n) is 7.05. The summed E-state index contributed by atoms with van der Waals surface area (Å²) in [5.74, 6) is 1.56. The first-order valence-corrected chi connectivity index (χ1v) is 7.05. The maximum Gasteiger partial charge on any atom is 0.251 e. The summed E-state index contributed by atoms with van der Waals surface area (Å²) >= 11 is 0. The Morgan fingerprint density at radius 3 is 2.90 bits per heavy atom. The molecule has 106 valence electrons. The summed E-state index contributed by atoms with van der Waals surface area (Å²) in [6, 6.07) is 7.96. The molecule has 2 aliphatic rings. The number of carbonyl (C=O) groups excluding carboxylic acids is 1. The van der Waals surface area contributed by atoms with E-state index in [-0.39, 0.29) is 12.5 Å². The Labute approximate surface area is 118 Å². The lowest BCUT2D eigenvalue weighted by Gasteiger charge is -2.25. The molecule has 1 aromatic carbocycles. The van der Waals surface area contributed by atoms with Crippen molar-refractivity contribution in [2.24, 2.45) is 4.99 Å². The molecule has 1 saturated carbocycles. The molecule has 20 heavy (non-hydrogen) atoms. The number of nitrogens with one attached hydrogen (secondary N) is 1. The number of carbonyl (C=O) groups is 1. The van der Waals surface area contributed by atoms with Crippen LogP contribution in [0.15, 0.2) is 29.3 Å². The van der Waals surface area contributed by atoms with E-state index >= 15 is 0 Å². The van der Waals surface area contributed by atoms with Crippen molar-refractivity contribution in [2.75, 3.05) is 19.0 Å². The fourth-order valence-corrected chi connectivity index (χ4v) is 2.88. The maximum atomic E-state index is 12.0. The topological polar surface area (TPSA) is 53.9 Å². The summed E-state index contributed by atoms with van der Waals surface area (Å²) in [6.45, 7) is 0.253. The molecular weight excluding hydrogens is 254 g/mol. The lowest BCUT2D eigenvalue weighted by atomic mass is 10.2. The molecule has 1 aliphatic carbocycles. The van der Waals surface area contributed by atoms with Gasteiger partial charge in [0, 0.05) is 17.8 Å². The van der Waals surface area contributed by atoms with Gasteiger partial charge in [-0.3, -0.25) is 9.69 Å². The molecule has 0 bridgehead atoms. The molecule has 0 radical (unpaired) electrons. The molecule has 0 unspecified atom stereocenters. The zero-order valence-corrected chi connectivity index (χ0v) is 11.6. The van der Waals surface area contributed by atoms with Crippen LogP contribution in [-0.2, 0) is 4.79 Å². The number of nitrogens with zero attached hydrogens (tertiary/aromatic N) is 2. The summed E-state index contributed by atoms with van der Waals surface area (Å²) in [6.07, 6.45) is 4.54. The van der Waals surface area contributed by atoms with E-state index in [1.165, 1.54) is 12.8 Å². The number of ether oxygens (including phenoxy) is 1. The average Bonchev–Trinajstić information content (AvgIpc) is 3.09. The van der Waals surface area contributed by atoms with Crippen molar-refractivity contribution in [1.29, 1.82) is 0 Å². The largest absolute Gasteiger partial charge is 0.497 e. The van der Waals surface area contributed by atoms with Crippen LogP contribution in [0.5, 0.6) is 5.75 Å². The summed E-state index contributed by atoms with van der Waals surface area (Å²) in [5.41, 5.74) is 0.890. The van der Waals surface area contributed by atoms with Crippen molar-refractivity contribution < 1.29 is 9.53 Å². The number of rotatable bonds is 3. The second-order valence-corrected chi connectivity index (χ2v) is 5.20. The highest BCUT2D eigenvalue weighted by atomic mass is 16.5. The molecule has 0 spiro atoms. The quantitative estimate of drug-likeness (QED) is 0.919. The lowest BCUT2D eigenvalue weighted by molar-refractivity contribution is -0.126. The third-order valence-corrected chi connectivity index (χ3v) is 3.88. The van der Waals surface area contributed by atoms with E-state index in [2.05, 4.69) is 10.3 Å². The van der Waals surface area contributed by atoms with Crippen LogP contribution in [0.3, 0.4) is 0 Å². The van der Waals surface area contributed by atoms with Crippen LogP contribution >= 0.6 is 0 Å². The van der Waals surface area contributed by atoms with E-state index in [4.69, 9.17) is 4.74 Å². The number of amides is 1. The van der Waals surface area contributed by atoms with Crippen molar-refractivity contribution in [2.45, 2.75) is 31.7 Å². The van der Waals surface area contributed by atoms with Gasteiger partial charge in [0.1, 0.15) is 12.3 Å². The molecule has 1 heterocycles. The minimum atomic E-state index is 0.0993. The Balaban J connectivity index is 1.76. The molecule has 1 amide bonds. The smallest absolute Gasteiger partial charge is 0.251 e. The van der Waals surface area contributed by atoms with E-state index < -0.39 is 0 Å². The number of anilines is 1. The highest BCUT2D eigenvalue weighted by Gasteiger charge is 2.33. The van der Waals surface area contributed by atoms with E-state index in [9.17, 15) is 4.79 Å². The van der Waals surface area contributed by atoms with Crippen LogP contribution in [0.2, 0.25) is 0 Å². The number of methoxy groups -OCH3 is 1. The Morgan fingerprint density at radius 2 is 2.15 bits per heavy atom. The van der Waals surface area contributed by atoms with E-state index in [1.54, 1.807) is 7.11 Å². The zero-order valence-electron chi connectivity index (χ0n) is 11.6. The molecule has 1 aliphatic heterocycles. The summed E-state index contributed by atoms with van der Waals surface area (Å²) < 4.78 is 5.21. The van der Waals surface area contributed by atoms with Gasteiger partial charge in [-0.05, 0) is 25.0 Å². The van der Waals surface area contributed by atoms with Gasteiger partial charge < -0.3 is 10.1 Å². The van der Waals surface area contributed by atoms with Gasteiger partial charge in [-0.25, -0.2) is 4.99 Å². The SMILES string of the molecule is COc1cccc(NC2=NCC(=O)N2C2CCCC2)c1. The number of hydrogen-bond donors (Lipinski definition) is 1. The van der Waals surface area contributed by atoms with Gasteiger partial charge in [0.25, 0.3) is 5.91 Å². The second-order valence-electron chi connectivity index (χ2n) is 5.20. The average molecular weight is 273 g/mol. The number of benzene rings is 1. The van der Waals surface area contributed by atoms with Crippen molar-refractivity contribution in [3.63, 3.8) is 0 Å². The van der Waals surface area contributed by atoms with Gasteiger partial charge in [-0.15, -0.1) is 0 Å². The highest BCUT2D eigenvalue weighted by molar-refractivity contribution is 6.09. The Hall–Kier alpha value is -2.04. The molecular formula is C15H19N3O2. The van der Waals surface area contributed by atoms with Crippen molar-refractivity contribution in [3.05, 3.63) is 24.3 Å². The van der Waals surface area contributed by atoms with Crippen LogP contribution < -0.4 is 10.1 Å². The monoisotopic (exact) mass is 273 g/mol. The van der Waals surface area contributed by atoms with Crippen molar-refractivity contribution in [3.8, 4) is 5.75 Å². The molecule has 0 aromatic heterocycles. The van der Waals surface area contributed by atoms with E-state index in [1.807, 2.05) is 29.2 Å². The Bertz CT molecular complexity index is 536. The Morgan fingerprint density at radius 1 is 1.35 bits per heavy atom. The van der Waals surface area contributed by atoms with E-state index in [0.717, 1.165) is 24.3 Å². The zero-order chi connectivity index (χ0) is 13.9. The van der Waals surface area contributed by atoms with Crippen LogP contribution in [0.1, 0.15) is 25.7 Å². The van der Waals surface area contributed by atoms with Crippen molar-refractivity contribution in [1.82, 2.24) is 4.90 Å². The van der Waals surface area contributed by atoms with Crippen LogP contribution in [0, 0.1) is 0 Å². The van der Waals surface area contributed by atoms with Gasteiger partial charge in [0.2, 0.25) is 5.96 Å². The summed E-state index contributed by atoms with van der Waals surface area (Å²) in [5, 5.41) is 3.25. The molecule has 1 aromatic rings. The molecule has 5 heteroatoms. The fourth-order valence-electron chi connectivity index (χ4n) is 2.88. The number of aliphatic imine (C=N–C) groups is 1. The minimum absolute atomic E-state index is 0.0993. The number of guanidine groups is 1. The maximum absolute atomic E-state index is 12.0. The molecule has 0 atom stereocenters. The van der Waals surface area contributed by atoms with Crippen LogP contribution in [0.25, 0.3) is 0 Å². The predicted molar refractivity (Wildman–Crippen MR) is 78.0 cm³/mol. The molecule has 5 nitrogen and oxygen atoms in total. The summed E-state index contributed by atoms with van der Waals surface area (Å²) in [4.78, 5) is 18.2. The van der Waals surface area contributed by atoms with E-state index in [0.29, 0.717) is 12.0 Å². The predicted octanol–water partition coefficient (Wildman–Crippen LogP) is 2.25. The fraction of sp³-hybridized carbons (Fsp3) is 0.467. The molecule has 0 saturated heterocycles. The summed E-state index contributed by atoms with van der Waals surface area (Å²) in [7, 11) is 1.64. The van der Waals surface area contributed by atoms with Gasteiger partial charge in [0.05, 0.1) is 7.11 Å². The first-order chi connectivity index (χ1) is 9.78. The normalized spacial score (nSPS) is 19.4. The third kappa shape index (κ3) is 2.48. The standard InChI is InChI=1S/C15H19N3O2/c1-20-13-8-4-5-11(9-13)17-15-16-10-14(19)18(15)12-6-2-3-7-12/h4-5,8-9,12H,2-3,6-7,10H2,1H3,(H,16,17). The van der Waals surface area contributed by atoms with Gasteiger partial charge >= 0.3 is 0 Å². The number of hydrogen-bond acceptors (Lipinski definition) is 4. The van der Waals surface area contributed by atoms with Gasteiger partial charge in [-0.2, -0.15) is 0 Å². The molecule has 1 fully saturated rings. The minimum Gasteiger partial charge on any atom is -0.497 e. The second kappa shape index (κ2) is 5.53. The Kier molecular flexibility index (Phi) is 3.58. The lowest BCUT2D eigenvalue weighted by Crippen LogP contribution is -2.43. The van der Waals surface area contributed by atoms with Gasteiger partial charge in [0.15, 0.2) is 0 Å². The van der Waals surface area contributed by atoms with Crippen LogP contribution in [-0.4, -0.2) is 36.5 Å². The van der Waals surface area contributed by atoms with Crippen LogP contribution in [0.4, 0.5) is 5.69 Å². The first kappa shape index (κ1) is 13.0. The highest BCUT2D eigenvalue weighted by Crippen LogP contribution is 2.26. The van der Waals surface area contributed by atoms with Gasteiger partial charge in [-0.1, -0.05) is 18.9 Å². The molecule has 1 N–H and O–H groups in total.